The highest BCUT2D eigenvalue weighted by Gasteiger charge is 2.18. The van der Waals surface area contributed by atoms with Crippen LogP contribution in [0.3, 0.4) is 0 Å². The number of hydrogen-bond donors (Lipinski definition) is 1. The van der Waals surface area contributed by atoms with Gasteiger partial charge in [0.1, 0.15) is 0 Å². The number of rotatable bonds is 6. The van der Waals surface area contributed by atoms with Gasteiger partial charge in [0.2, 0.25) is 0 Å². The standard InChI is InChI=1S/C14H26N4/c1-13(2)18(10-9-17-8-7-16-12-17)11-14-3-5-15-6-4-14/h7-8,12-15H,3-6,9-11H2,1-2H3. The van der Waals surface area contributed by atoms with E-state index < -0.39 is 0 Å². The molecule has 4 nitrogen and oxygen atoms in total. The Kier molecular flexibility index (Phi) is 5.20. The van der Waals surface area contributed by atoms with E-state index in [4.69, 9.17) is 0 Å². The van der Waals surface area contributed by atoms with Gasteiger partial charge in [0.05, 0.1) is 6.33 Å². The molecule has 1 aliphatic heterocycles. The first-order valence-electron chi connectivity index (χ1n) is 7.16. The highest BCUT2D eigenvalue weighted by atomic mass is 15.2. The first-order chi connectivity index (χ1) is 8.75. The molecule has 1 aromatic rings. The molecule has 0 unspecified atom stereocenters. The molecule has 1 saturated heterocycles. The van der Waals surface area contributed by atoms with Crippen LogP contribution >= 0.6 is 0 Å². The van der Waals surface area contributed by atoms with Crippen molar-refractivity contribution < 1.29 is 0 Å². The normalized spacial score (nSPS) is 17.8. The van der Waals surface area contributed by atoms with Gasteiger partial charge < -0.3 is 9.88 Å². The third kappa shape index (κ3) is 4.10. The van der Waals surface area contributed by atoms with Crippen LogP contribution in [0.2, 0.25) is 0 Å². The summed E-state index contributed by atoms with van der Waals surface area (Å²) in [6.45, 7) is 10.4. The molecule has 2 heterocycles. The van der Waals surface area contributed by atoms with Gasteiger partial charge in [-0.2, -0.15) is 0 Å². The van der Waals surface area contributed by atoms with Crippen molar-refractivity contribution in [3.8, 4) is 0 Å². The van der Waals surface area contributed by atoms with E-state index in [1.807, 2.05) is 18.7 Å². The fourth-order valence-electron chi connectivity index (χ4n) is 2.62. The number of hydrogen-bond acceptors (Lipinski definition) is 3. The maximum absolute atomic E-state index is 4.10. The van der Waals surface area contributed by atoms with E-state index >= 15 is 0 Å². The summed E-state index contributed by atoms with van der Waals surface area (Å²) in [6.07, 6.45) is 8.46. The molecular weight excluding hydrogens is 224 g/mol. The van der Waals surface area contributed by atoms with E-state index in [2.05, 4.69) is 33.6 Å². The molecule has 0 radical (unpaired) electrons. The minimum Gasteiger partial charge on any atom is -0.336 e. The minimum absolute atomic E-state index is 0.628. The topological polar surface area (TPSA) is 33.1 Å². The van der Waals surface area contributed by atoms with E-state index in [0.717, 1.165) is 19.0 Å². The molecule has 2 rings (SSSR count). The lowest BCUT2D eigenvalue weighted by Crippen LogP contribution is -2.40. The van der Waals surface area contributed by atoms with Gasteiger partial charge in [0.25, 0.3) is 0 Å². The summed E-state index contributed by atoms with van der Waals surface area (Å²) in [6, 6.07) is 0.628. The smallest absolute Gasteiger partial charge is 0.0946 e. The van der Waals surface area contributed by atoms with Crippen LogP contribution in [0.4, 0.5) is 0 Å². The van der Waals surface area contributed by atoms with Gasteiger partial charge in [0.15, 0.2) is 0 Å². The average Bonchev–Trinajstić information content (AvgIpc) is 2.88. The third-order valence-electron chi connectivity index (χ3n) is 3.89. The van der Waals surface area contributed by atoms with Crippen molar-refractivity contribution in [2.75, 3.05) is 26.2 Å². The van der Waals surface area contributed by atoms with Gasteiger partial charge >= 0.3 is 0 Å². The Balaban J connectivity index is 1.79. The molecule has 0 bridgehead atoms. The molecule has 0 spiro atoms. The zero-order valence-electron chi connectivity index (χ0n) is 11.7. The van der Waals surface area contributed by atoms with E-state index in [9.17, 15) is 0 Å². The summed E-state index contributed by atoms with van der Waals surface area (Å²) in [5.74, 6) is 0.872. The fraction of sp³-hybridized carbons (Fsp3) is 0.786. The zero-order chi connectivity index (χ0) is 12.8. The summed E-state index contributed by atoms with van der Waals surface area (Å²) >= 11 is 0. The summed E-state index contributed by atoms with van der Waals surface area (Å²) < 4.78 is 2.16. The number of imidazole rings is 1. The Morgan fingerprint density at radius 3 is 2.78 bits per heavy atom. The number of nitrogens with one attached hydrogen (secondary N) is 1. The molecule has 1 aliphatic rings. The molecule has 1 N–H and O–H groups in total. The molecule has 102 valence electrons. The van der Waals surface area contributed by atoms with Gasteiger partial charge in [-0.3, -0.25) is 4.90 Å². The molecule has 1 aromatic heterocycles. The summed E-state index contributed by atoms with van der Waals surface area (Å²) in [5, 5.41) is 3.44. The van der Waals surface area contributed by atoms with Crippen molar-refractivity contribution in [3.63, 3.8) is 0 Å². The van der Waals surface area contributed by atoms with Crippen LogP contribution in [0.15, 0.2) is 18.7 Å². The van der Waals surface area contributed by atoms with Crippen LogP contribution in [0.1, 0.15) is 26.7 Å². The van der Waals surface area contributed by atoms with Crippen LogP contribution in [0.25, 0.3) is 0 Å². The van der Waals surface area contributed by atoms with E-state index in [-0.39, 0.29) is 0 Å². The van der Waals surface area contributed by atoms with Crippen molar-refractivity contribution in [1.29, 1.82) is 0 Å². The Hall–Kier alpha value is -0.870. The first-order valence-corrected chi connectivity index (χ1v) is 7.16. The van der Waals surface area contributed by atoms with Crippen LogP contribution < -0.4 is 5.32 Å². The monoisotopic (exact) mass is 250 g/mol. The second-order valence-electron chi connectivity index (χ2n) is 5.58. The molecular formula is C14H26N4. The Morgan fingerprint density at radius 2 is 2.17 bits per heavy atom. The van der Waals surface area contributed by atoms with Crippen molar-refractivity contribution in [3.05, 3.63) is 18.7 Å². The Morgan fingerprint density at radius 1 is 1.39 bits per heavy atom. The lowest BCUT2D eigenvalue weighted by molar-refractivity contribution is 0.164. The fourth-order valence-corrected chi connectivity index (χ4v) is 2.62. The molecule has 0 amide bonds. The van der Waals surface area contributed by atoms with Crippen LogP contribution in [0, 0.1) is 5.92 Å². The molecule has 0 atom stereocenters. The maximum Gasteiger partial charge on any atom is 0.0946 e. The first kappa shape index (κ1) is 13.6. The maximum atomic E-state index is 4.10. The molecule has 1 fully saturated rings. The van der Waals surface area contributed by atoms with Crippen molar-refractivity contribution in [2.24, 2.45) is 5.92 Å². The van der Waals surface area contributed by atoms with Crippen LogP contribution in [0.5, 0.6) is 0 Å². The Labute approximate surface area is 110 Å². The van der Waals surface area contributed by atoms with Crippen molar-refractivity contribution >= 4 is 0 Å². The summed E-state index contributed by atoms with van der Waals surface area (Å²) in [7, 11) is 0. The van der Waals surface area contributed by atoms with E-state index in [0.29, 0.717) is 6.04 Å². The molecule has 4 heteroatoms. The second kappa shape index (κ2) is 6.90. The van der Waals surface area contributed by atoms with Crippen LogP contribution in [-0.2, 0) is 6.54 Å². The average molecular weight is 250 g/mol. The molecule has 0 aromatic carbocycles. The van der Waals surface area contributed by atoms with E-state index in [1.54, 1.807) is 0 Å². The highest BCUT2D eigenvalue weighted by Crippen LogP contribution is 2.15. The van der Waals surface area contributed by atoms with Gasteiger partial charge in [0, 0.05) is 38.1 Å². The minimum atomic E-state index is 0.628. The summed E-state index contributed by atoms with van der Waals surface area (Å²) in [4.78, 5) is 6.70. The number of nitrogens with zero attached hydrogens (tertiary/aromatic N) is 3. The van der Waals surface area contributed by atoms with Gasteiger partial charge in [-0.15, -0.1) is 0 Å². The second-order valence-corrected chi connectivity index (χ2v) is 5.58. The lowest BCUT2D eigenvalue weighted by atomic mass is 9.97. The van der Waals surface area contributed by atoms with E-state index in [1.165, 1.54) is 32.5 Å². The van der Waals surface area contributed by atoms with Crippen molar-refractivity contribution in [1.82, 2.24) is 19.8 Å². The SMILES string of the molecule is CC(C)N(CCn1ccnc1)CC1CCNCC1. The Bertz CT molecular complexity index is 315. The quantitative estimate of drug-likeness (QED) is 0.832. The van der Waals surface area contributed by atoms with Gasteiger partial charge in [-0.05, 0) is 45.7 Å². The van der Waals surface area contributed by atoms with Gasteiger partial charge in [-0.25, -0.2) is 4.98 Å². The number of piperidine rings is 1. The van der Waals surface area contributed by atoms with Crippen LogP contribution in [-0.4, -0.2) is 46.7 Å². The molecule has 0 saturated carbocycles. The molecule has 18 heavy (non-hydrogen) atoms. The highest BCUT2D eigenvalue weighted by molar-refractivity contribution is 4.77. The summed E-state index contributed by atoms with van der Waals surface area (Å²) in [5.41, 5.74) is 0. The number of aromatic nitrogens is 2. The largest absolute Gasteiger partial charge is 0.336 e. The van der Waals surface area contributed by atoms with Gasteiger partial charge in [-0.1, -0.05) is 0 Å². The predicted octanol–water partition coefficient (Wildman–Crippen LogP) is 1.59. The van der Waals surface area contributed by atoms with Crippen molar-refractivity contribution in [2.45, 2.75) is 39.3 Å². The predicted molar refractivity (Wildman–Crippen MR) is 74.5 cm³/mol. The third-order valence-corrected chi connectivity index (χ3v) is 3.89. The lowest BCUT2D eigenvalue weighted by Gasteiger charge is -2.32. The zero-order valence-corrected chi connectivity index (χ0v) is 11.7. The molecule has 0 aliphatic carbocycles.